The third kappa shape index (κ3) is 21.4. The van der Waals surface area contributed by atoms with Crippen molar-refractivity contribution in [2.45, 2.75) is 51.8 Å². The first-order valence-corrected chi connectivity index (χ1v) is 26.6. The van der Waals surface area contributed by atoms with E-state index in [9.17, 15) is 46.3 Å². The Morgan fingerprint density at radius 2 is 1.64 bits per heavy atom. The number of quaternary nitrogens is 1. The molecule has 2 saturated heterocycles. The van der Waals surface area contributed by atoms with Crippen molar-refractivity contribution in [3.05, 3.63) is 59.7 Å². The summed E-state index contributed by atoms with van der Waals surface area (Å²) in [6, 6.07) is 6.17. The molecular weight excluding hydrogens is 1070 g/mol. The first kappa shape index (κ1) is 63.0. The number of alkyl carbamates (subject to hydrolysis) is 2. The fraction of sp³-hybridized carbons (Fsp3) is 0.578. The van der Waals surface area contributed by atoms with E-state index in [4.69, 9.17) is 61.3 Å². The van der Waals surface area contributed by atoms with Crippen LogP contribution in [0.2, 0.25) is 0 Å². The summed E-state index contributed by atoms with van der Waals surface area (Å²) in [6.07, 6.45) is -9.15. The number of carbonyl (C=O) groups is 5. The minimum absolute atomic E-state index is 0.0172. The number of halogens is 3. The smallest absolute Gasteiger partial charge is 0.493 e. The number of methoxy groups -OCH3 is 2. The van der Waals surface area contributed by atoms with Gasteiger partial charge < -0.3 is 63.4 Å². The Hall–Kier alpha value is -5.58. The van der Waals surface area contributed by atoms with Crippen LogP contribution in [0.1, 0.15) is 53.0 Å². The summed E-state index contributed by atoms with van der Waals surface area (Å²) in [4.78, 5) is 81.3. The van der Waals surface area contributed by atoms with Gasteiger partial charge in [0.05, 0.1) is 60.3 Å². The number of Topliss-reactive ketones (excluding diaryl/α,β-unsaturated/α-hetero) is 1. The lowest BCUT2D eigenvalue weighted by Gasteiger charge is -2.38. The molecule has 2 aliphatic rings. The van der Waals surface area contributed by atoms with Crippen LogP contribution in [-0.4, -0.2) is 176 Å². The number of phosphoric ester groups is 2. The van der Waals surface area contributed by atoms with Crippen LogP contribution in [0.15, 0.2) is 43.0 Å². The molecule has 2 aromatic carbocycles. The Balaban J connectivity index is 1.35. The number of phosphoric acid groups is 2. The Labute approximate surface area is 435 Å². The SMILES string of the molecule is C=CCOC(=O)NCCOCCOc1c(OC)cc(C(=O)NCCC[N+]2(COC(NC(=O)OCc3ccc(OP4(=O)OCC(OP(=O)(O)O)CO4)c(C(=O)OCC(=O)C(C)C)c3)C(F)(F)F)CCCNCC2)cc1OC. The molecule has 2 aromatic rings. The molecule has 2 heterocycles. The summed E-state index contributed by atoms with van der Waals surface area (Å²) < 4.78 is 130. The van der Waals surface area contributed by atoms with Gasteiger partial charge in [-0.3, -0.25) is 37.7 Å². The van der Waals surface area contributed by atoms with Crippen LogP contribution in [0.4, 0.5) is 22.8 Å². The Kier molecular flexibility index (Phi) is 25.2. The number of rotatable bonds is 30. The van der Waals surface area contributed by atoms with Gasteiger partial charge in [0, 0.05) is 50.5 Å². The highest BCUT2D eigenvalue weighted by Crippen LogP contribution is 2.54. The van der Waals surface area contributed by atoms with Crippen molar-refractivity contribution in [1.82, 2.24) is 21.3 Å². The molecule has 76 heavy (non-hydrogen) atoms. The number of hydrogen-bond acceptors (Lipinski definition) is 20. The molecule has 4 rings (SSSR count). The molecule has 426 valence electrons. The fourth-order valence-corrected chi connectivity index (χ4v) is 8.78. The molecule has 0 saturated carbocycles. The number of alkyl halides is 3. The van der Waals surface area contributed by atoms with Crippen molar-refractivity contribution in [3.8, 4) is 23.0 Å². The lowest BCUT2D eigenvalue weighted by Crippen LogP contribution is -2.56. The van der Waals surface area contributed by atoms with Gasteiger partial charge in [0.1, 0.15) is 37.2 Å². The normalized spacial score (nSPS) is 19.3. The molecule has 3 amide bonds. The van der Waals surface area contributed by atoms with Crippen molar-refractivity contribution in [2.75, 3.05) is 113 Å². The van der Waals surface area contributed by atoms with E-state index in [1.165, 1.54) is 38.5 Å². The number of hydrogen-bond donors (Lipinski definition) is 6. The molecular formula is C45H65F3N5O21P2+. The highest BCUT2D eigenvalue weighted by molar-refractivity contribution is 7.49. The van der Waals surface area contributed by atoms with Gasteiger partial charge in [0.15, 0.2) is 30.6 Å². The zero-order chi connectivity index (χ0) is 55.9. The van der Waals surface area contributed by atoms with Gasteiger partial charge in [-0.1, -0.05) is 32.6 Å². The maximum Gasteiger partial charge on any atom is 0.530 e. The number of nitrogens with zero attached hydrogens (tertiary/aromatic N) is 1. The lowest BCUT2D eigenvalue weighted by molar-refractivity contribution is -0.945. The third-order valence-electron chi connectivity index (χ3n) is 10.9. The second-order valence-electron chi connectivity index (χ2n) is 17.0. The van der Waals surface area contributed by atoms with Crippen LogP contribution in [-0.2, 0) is 57.8 Å². The summed E-state index contributed by atoms with van der Waals surface area (Å²) in [6.45, 7) is 6.15. The van der Waals surface area contributed by atoms with Gasteiger partial charge in [0.25, 0.3) is 5.91 Å². The van der Waals surface area contributed by atoms with Crippen LogP contribution < -0.4 is 40.0 Å². The van der Waals surface area contributed by atoms with E-state index in [0.29, 0.717) is 39.0 Å². The molecule has 0 aliphatic carbocycles. The van der Waals surface area contributed by atoms with Crippen LogP contribution in [0, 0.1) is 5.92 Å². The lowest BCUT2D eigenvalue weighted by atomic mass is 10.1. The minimum Gasteiger partial charge on any atom is -0.493 e. The topological polar surface area (TPSA) is 319 Å². The predicted molar refractivity (Wildman–Crippen MR) is 257 cm³/mol. The zero-order valence-electron chi connectivity index (χ0n) is 42.3. The fourth-order valence-electron chi connectivity index (χ4n) is 6.99. The van der Waals surface area contributed by atoms with Crippen molar-refractivity contribution >= 4 is 45.5 Å². The number of ether oxygens (including phenoxy) is 8. The predicted octanol–water partition coefficient (Wildman–Crippen LogP) is 4.12. The van der Waals surface area contributed by atoms with Crippen LogP contribution >= 0.6 is 15.6 Å². The molecule has 0 radical (unpaired) electrons. The summed E-state index contributed by atoms with van der Waals surface area (Å²) in [7, 11) is -6.79. The van der Waals surface area contributed by atoms with Crippen LogP contribution in [0.5, 0.6) is 23.0 Å². The summed E-state index contributed by atoms with van der Waals surface area (Å²) in [5.41, 5.74) is -0.350. The van der Waals surface area contributed by atoms with Crippen molar-refractivity contribution in [3.63, 3.8) is 0 Å². The summed E-state index contributed by atoms with van der Waals surface area (Å²) in [5.74, 6) is -2.59. The maximum atomic E-state index is 14.5. The van der Waals surface area contributed by atoms with Gasteiger partial charge in [-0.05, 0) is 29.8 Å². The molecule has 0 aromatic heterocycles. The molecule has 31 heteroatoms. The second-order valence-corrected chi connectivity index (χ2v) is 19.8. The molecule has 2 atom stereocenters. The van der Waals surface area contributed by atoms with Crippen LogP contribution in [0.25, 0.3) is 0 Å². The molecule has 2 unspecified atom stereocenters. The van der Waals surface area contributed by atoms with Gasteiger partial charge >= 0.3 is 40.0 Å². The molecule has 26 nitrogen and oxygen atoms in total. The molecule has 0 spiro atoms. The average molecular weight is 1130 g/mol. The highest BCUT2D eigenvalue weighted by Gasteiger charge is 2.45. The quantitative estimate of drug-likeness (QED) is 0.0122. The van der Waals surface area contributed by atoms with E-state index in [2.05, 4.69) is 27.1 Å². The first-order chi connectivity index (χ1) is 36.0. The van der Waals surface area contributed by atoms with Gasteiger partial charge in [-0.15, -0.1) is 0 Å². The second kappa shape index (κ2) is 30.4. The van der Waals surface area contributed by atoms with Gasteiger partial charge in [-0.25, -0.2) is 23.5 Å². The van der Waals surface area contributed by atoms with E-state index in [1.807, 2.05) is 0 Å². The number of carbonyl (C=O) groups excluding carboxylic acids is 5. The minimum atomic E-state index is -5.12. The Morgan fingerprint density at radius 1 is 0.934 bits per heavy atom. The first-order valence-electron chi connectivity index (χ1n) is 23.6. The number of ketones is 1. The standard InChI is InChI=1S/C45H64F3N5O21P2/c1-6-18-67-43(57)51-14-19-65-20-21-66-39-37(63-4)23-32(24-38(39)64-5)40(55)50-12-8-16-53(15-7-11-49-13-17-53)29-70-42(45(46,47)48)52-44(58)69-25-31-9-10-36(34(22-31)41(56)68-28-35(54)30(2)3)74-76(62)71-26-33(27-72-76)73-75(59,60)61/h6,9-10,22-24,30,33,42,49H,1,7-8,11-21,25-29H2,2-5H3,(H4-,50,51,52,55,57,58,59,60,61)/p+1. The van der Waals surface area contributed by atoms with Crippen molar-refractivity contribution in [1.29, 1.82) is 0 Å². The number of esters is 1. The van der Waals surface area contributed by atoms with Crippen molar-refractivity contribution in [2.24, 2.45) is 5.92 Å². The van der Waals surface area contributed by atoms with E-state index >= 15 is 0 Å². The van der Waals surface area contributed by atoms with E-state index in [1.54, 1.807) is 19.2 Å². The maximum absolute atomic E-state index is 14.5. The molecule has 2 aliphatic heterocycles. The number of nitrogens with one attached hydrogen (secondary N) is 4. The van der Waals surface area contributed by atoms with E-state index < -0.39 is 114 Å². The number of amides is 3. The third-order valence-corrected chi connectivity index (χ3v) is 12.8. The molecule has 6 N–H and O–H groups in total. The monoisotopic (exact) mass is 1130 g/mol. The van der Waals surface area contributed by atoms with Gasteiger partial charge in [-0.2, -0.15) is 13.2 Å². The Morgan fingerprint density at radius 3 is 2.29 bits per heavy atom. The number of benzene rings is 2. The van der Waals surface area contributed by atoms with Gasteiger partial charge in [0.2, 0.25) is 12.0 Å². The average Bonchev–Trinajstić information content (AvgIpc) is 3.62. The Bertz CT molecular complexity index is 2330. The zero-order valence-corrected chi connectivity index (χ0v) is 44.0. The molecule has 2 fully saturated rings. The summed E-state index contributed by atoms with van der Waals surface area (Å²) in [5, 5.41) is 10.2. The van der Waals surface area contributed by atoms with Crippen molar-refractivity contribution < 1.29 is 117 Å². The summed E-state index contributed by atoms with van der Waals surface area (Å²) >= 11 is 0. The van der Waals surface area contributed by atoms with E-state index in [0.717, 1.165) is 12.1 Å². The largest absolute Gasteiger partial charge is 0.530 e. The highest BCUT2D eigenvalue weighted by atomic mass is 31.2. The van der Waals surface area contributed by atoms with E-state index in [-0.39, 0.29) is 78.9 Å². The van der Waals surface area contributed by atoms with Crippen LogP contribution in [0.3, 0.4) is 0 Å². The molecule has 0 bridgehead atoms.